The standard InChI is InChI=1S/C30H29FN4O5/c31-24-6-2-1-5-22(24)29(37)35-15-13-33(14-16-35)25-9-8-21(18-23(25)30(38)34-11-3-4-12-34)32-28(36)20-7-10-26-27(17-20)40-19-39-26/h1-2,5-10,17-18H,3-4,11-16,19H2,(H,32,36). The van der Waals surface area contributed by atoms with Gasteiger partial charge < -0.3 is 29.5 Å². The lowest BCUT2D eigenvalue weighted by Crippen LogP contribution is -2.49. The Morgan fingerprint density at radius 2 is 1.43 bits per heavy atom. The second-order valence-corrected chi connectivity index (χ2v) is 10.0. The summed E-state index contributed by atoms with van der Waals surface area (Å²) < 4.78 is 24.9. The first kappa shape index (κ1) is 25.7. The normalized spacial score (nSPS) is 16.3. The number of hydrogen-bond acceptors (Lipinski definition) is 6. The van der Waals surface area contributed by atoms with E-state index in [1.807, 2.05) is 11.0 Å². The van der Waals surface area contributed by atoms with Crippen molar-refractivity contribution in [2.24, 2.45) is 0 Å². The molecule has 3 amide bonds. The molecular formula is C30H29FN4O5. The van der Waals surface area contributed by atoms with Gasteiger partial charge in [-0.15, -0.1) is 0 Å². The van der Waals surface area contributed by atoms with Crippen LogP contribution >= 0.6 is 0 Å². The lowest BCUT2D eigenvalue weighted by atomic mass is 10.1. The molecule has 0 bridgehead atoms. The predicted octanol–water partition coefficient (Wildman–Crippen LogP) is 4.01. The van der Waals surface area contributed by atoms with Crippen LogP contribution in [0, 0.1) is 5.82 Å². The van der Waals surface area contributed by atoms with Gasteiger partial charge in [0.2, 0.25) is 6.79 Å². The van der Waals surface area contributed by atoms with E-state index < -0.39 is 5.82 Å². The van der Waals surface area contributed by atoms with Gasteiger partial charge in [-0.3, -0.25) is 14.4 Å². The van der Waals surface area contributed by atoms with Gasteiger partial charge in [-0.2, -0.15) is 0 Å². The van der Waals surface area contributed by atoms with Gasteiger partial charge in [-0.1, -0.05) is 12.1 Å². The Bertz CT molecular complexity index is 1460. The summed E-state index contributed by atoms with van der Waals surface area (Å²) in [4.78, 5) is 45.0. The van der Waals surface area contributed by atoms with Crippen LogP contribution in [0.2, 0.25) is 0 Å². The summed E-state index contributed by atoms with van der Waals surface area (Å²) in [5.74, 6) is -0.183. The summed E-state index contributed by atoms with van der Waals surface area (Å²) in [5, 5.41) is 2.90. The van der Waals surface area contributed by atoms with Crippen LogP contribution in [0.1, 0.15) is 43.9 Å². The molecule has 9 nitrogen and oxygen atoms in total. The van der Waals surface area contributed by atoms with Crippen LogP contribution in [0.3, 0.4) is 0 Å². The van der Waals surface area contributed by atoms with E-state index in [2.05, 4.69) is 10.2 Å². The molecule has 3 aromatic rings. The van der Waals surface area contributed by atoms with Crippen molar-refractivity contribution in [1.29, 1.82) is 0 Å². The molecule has 0 radical (unpaired) electrons. The van der Waals surface area contributed by atoms with E-state index in [1.165, 1.54) is 12.1 Å². The number of ether oxygens (including phenoxy) is 2. The van der Waals surface area contributed by atoms with E-state index in [0.29, 0.717) is 67.6 Å². The summed E-state index contributed by atoms with van der Waals surface area (Å²) in [6, 6.07) is 16.3. The molecule has 0 spiro atoms. The van der Waals surface area contributed by atoms with Crippen molar-refractivity contribution in [2.45, 2.75) is 12.8 Å². The quantitative estimate of drug-likeness (QED) is 0.522. The predicted molar refractivity (Wildman–Crippen MR) is 147 cm³/mol. The number of fused-ring (bicyclic) bond motifs is 1. The highest BCUT2D eigenvalue weighted by Gasteiger charge is 2.29. The summed E-state index contributed by atoms with van der Waals surface area (Å²) in [6.45, 7) is 3.27. The third-order valence-electron chi connectivity index (χ3n) is 7.52. The SMILES string of the molecule is O=C(Nc1ccc(N2CCN(C(=O)c3ccccc3F)CC2)c(C(=O)N2CCCC2)c1)c1ccc2c(c1)OCO2. The Morgan fingerprint density at radius 3 is 2.20 bits per heavy atom. The number of likely N-dealkylation sites (tertiary alicyclic amines) is 1. The fourth-order valence-corrected chi connectivity index (χ4v) is 5.35. The maximum absolute atomic E-state index is 14.2. The second-order valence-electron chi connectivity index (χ2n) is 10.0. The van der Waals surface area contributed by atoms with Gasteiger partial charge >= 0.3 is 0 Å². The number of carbonyl (C=O) groups is 3. The molecule has 2 saturated heterocycles. The average Bonchev–Trinajstić information content (AvgIpc) is 3.69. The number of amides is 3. The largest absolute Gasteiger partial charge is 0.454 e. The minimum Gasteiger partial charge on any atom is -0.454 e. The molecule has 40 heavy (non-hydrogen) atoms. The Hall–Kier alpha value is -4.60. The van der Waals surface area contributed by atoms with Crippen molar-refractivity contribution in [1.82, 2.24) is 9.80 Å². The molecule has 10 heteroatoms. The summed E-state index contributed by atoms with van der Waals surface area (Å²) >= 11 is 0. The van der Waals surface area contributed by atoms with Gasteiger partial charge in [-0.25, -0.2) is 4.39 Å². The van der Waals surface area contributed by atoms with E-state index >= 15 is 0 Å². The first-order chi connectivity index (χ1) is 19.5. The highest BCUT2D eigenvalue weighted by atomic mass is 19.1. The molecule has 1 N–H and O–H groups in total. The van der Waals surface area contributed by atoms with Crippen LogP contribution in [0.25, 0.3) is 0 Å². The molecule has 2 fully saturated rings. The third kappa shape index (κ3) is 5.04. The van der Waals surface area contributed by atoms with Crippen molar-refractivity contribution < 1.29 is 28.2 Å². The summed E-state index contributed by atoms with van der Waals surface area (Å²) in [7, 11) is 0. The zero-order valence-corrected chi connectivity index (χ0v) is 21.9. The zero-order chi connectivity index (χ0) is 27.6. The Labute approximate surface area is 231 Å². The maximum Gasteiger partial charge on any atom is 0.256 e. The second kappa shape index (κ2) is 10.9. The van der Waals surface area contributed by atoms with Crippen LogP contribution in [0.4, 0.5) is 15.8 Å². The number of rotatable bonds is 5. The molecule has 0 aliphatic carbocycles. The van der Waals surface area contributed by atoms with Gasteiger partial charge in [0.05, 0.1) is 11.1 Å². The van der Waals surface area contributed by atoms with E-state index in [9.17, 15) is 18.8 Å². The molecule has 206 valence electrons. The third-order valence-corrected chi connectivity index (χ3v) is 7.52. The van der Waals surface area contributed by atoms with Crippen LogP contribution in [-0.2, 0) is 0 Å². The first-order valence-electron chi connectivity index (χ1n) is 13.4. The van der Waals surface area contributed by atoms with Crippen LogP contribution in [0.5, 0.6) is 11.5 Å². The molecule has 3 aliphatic rings. The number of halogens is 1. The molecule has 3 heterocycles. The monoisotopic (exact) mass is 544 g/mol. The lowest BCUT2D eigenvalue weighted by Gasteiger charge is -2.37. The number of hydrogen-bond donors (Lipinski definition) is 1. The van der Waals surface area contributed by atoms with Crippen molar-refractivity contribution in [3.63, 3.8) is 0 Å². The van der Waals surface area contributed by atoms with Crippen molar-refractivity contribution in [3.05, 3.63) is 83.2 Å². The van der Waals surface area contributed by atoms with Gasteiger partial charge in [0.15, 0.2) is 11.5 Å². The molecule has 0 aromatic heterocycles. The molecule has 3 aromatic carbocycles. The smallest absolute Gasteiger partial charge is 0.256 e. The van der Waals surface area contributed by atoms with Crippen molar-refractivity contribution in [3.8, 4) is 11.5 Å². The van der Waals surface area contributed by atoms with Crippen molar-refractivity contribution >= 4 is 29.1 Å². The summed E-state index contributed by atoms with van der Waals surface area (Å²) in [5.41, 5.74) is 2.22. The van der Waals surface area contributed by atoms with Gasteiger partial charge in [0.25, 0.3) is 17.7 Å². The number of benzene rings is 3. The number of nitrogens with zero attached hydrogens (tertiary/aromatic N) is 3. The molecule has 0 saturated carbocycles. The van der Waals surface area contributed by atoms with E-state index in [4.69, 9.17) is 9.47 Å². The van der Waals surface area contributed by atoms with E-state index in [-0.39, 0.29) is 30.1 Å². The topological polar surface area (TPSA) is 91.4 Å². The minimum atomic E-state index is -0.535. The van der Waals surface area contributed by atoms with Gasteiger partial charge in [0, 0.05) is 56.2 Å². The number of nitrogens with one attached hydrogen (secondary N) is 1. The molecule has 3 aliphatic heterocycles. The fourth-order valence-electron chi connectivity index (χ4n) is 5.35. The Morgan fingerprint density at radius 1 is 0.725 bits per heavy atom. The van der Waals surface area contributed by atoms with Crippen LogP contribution in [0.15, 0.2) is 60.7 Å². The van der Waals surface area contributed by atoms with Crippen LogP contribution in [-0.4, -0.2) is 73.6 Å². The Balaban J connectivity index is 1.21. The first-order valence-corrected chi connectivity index (χ1v) is 13.4. The molecule has 0 atom stereocenters. The highest BCUT2D eigenvalue weighted by molar-refractivity contribution is 6.06. The lowest BCUT2D eigenvalue weighted by molar-refractivity contribution is 0.0738. The highest BCUT2D eigenvalue weighted by Crippen LogP contribution is 2.33. The number of carbonyl (C=O) groups excluding carboxylic acids is 3. The van der Waals surface area contributed by atoms with Gasteiger partial charge in [-0.05, 0) is 61.4 Å². The minimum absolute atomic E-state index is 0.0587. The molecular weight excluding hydrogens is 515 g/mol. The molecule has 0 unspecified atom stereocenters. The fraction of sp³-hybridized carbons (Fsp3) is 0.300. The zero-order valence-electron chi connectivity index (χ0n) is 21.9. The van der Waals surface area contributed by atoms with Gasteiger partial charge in [0.1, 0.15) is 5.82 Å². The Kier molecular flexibility index (Phi) is 6.98. The average molecular weight is 545 g/mol. The summed E-state index contributed by atoms with van der Waals surface area (Å²) in [6.07, 6.45) is 1.91. The van der Waals surface area contributed by atoms with E-state index in [0.717, 1.165) is 18.5 Å². The maximum atomic E-state index is 14.2. The van der Waals surface area contributed by atoms with Crippen LogP contribution < -0.4 is 19.7 Å². The van der Waals surface area contributed by atoms with Crippen molar-refractivity contribution in [2.75, 3.05) is 56.3 Å². The number of anilines is 2. The van der Waals surface area contributed by atoms with E-state index in [1.54, 1.807) is 47.4 Å². The number of piperazine rings is 1. The molecule has 6 rings (SSSR count).